The van der Waals surface area contributed by atoms with Gasteiger partial charge >= 0.3 is 0 Å². The van der Waals surface area contributed by atoms with E-state index in [1.165, 1.54) is 22.2 Å². The number of nitrogens with one attached hydrogen (secondary N) is 1. The molecule has 3 nitrogen and oxygen atoms in total. The van der Waals surface area contributed by atoms with E-state index in [9.17, 15) is 0 Å². The van der Waals surface area contributed by atoms with Gasteiger partial charge in [0.05, 0.1) is 5.52 Å². The Hall–Kier alpha value is -2.39. The van der Waals surface area contributed by atoms with E-state index < -0.39 is 0 Å². The number of benzene rings is 2. The summed E-state index contributed by atoms with van der Waals surface area (Å²) in [6.45, 7) is 5.13. The van der Waals surface area contributed by atoms with Crippen LogP contribution in [0.25, 0.3) is 10.9 Å². The monoisotopic (exact) mass is 303 g/mol. The highest BCUT2D eigenvalue weighted by atomic mass is 15.2. The highest BCUT2D eigenvalue weighted by molar-refractivity contribution is 5.79. The summed E-state index contributed by atoms with van der Waals surface area (Å²) in [7, 11) is 0. The molecule has 1 unspecified atom stereocenters. The Balaban J connectivity index is 1.68. The fourth-order valence-corrected chi connectivity index (χ4v) is 3.34. The van der Waals surface area contributed by atoms with Gasteiger partial charge in [-0.05, 0) is 42.3 Å². The Morgan fingerprint density at radius 2 is 2.04 bits per heavy atom. The van der Waals surface area contributed by atoms with Gasteiger partial charge in [0.25, 0.3) is 0 Å². The van der Waals surface area contributed by atoms with Gasteiger partial charge < -0.3 is 10.2 Å². The minimum absolute atomic E-state index is 0.476. The predicted octanol–water partition coefficient (Wildman–Crippen LogP) is 3.73. The smallest absolute Gasteiger partial charge is 0.0702 e. The minimum Gasteiger partial charge on any atom is -0.365 e. The van der Waals surface area contributed by atoms with E-state index in [1.54, 1.807) is 0 Å². The topological polar surface area (TPSA) is 28.2 Å². The van der Waals surface area contributed by atoms with Gasteiger partial charge in [0.15, 0.2) is 0 Å². The van der Waals surface area contributed by atoms with Crippen molar-refractivity contribution in [2.75, 3.05) is 11.4 Å². The number of rotatable bonds is 2. The first-order valence-electron chi connectivity index (χ1n) is 8.19. The first-order valence-corrected chi connectivity index (χ1v) is 8.19. The van der Waals surface area contributed by atoms with Crippen molar-refractivity contribution in [3.63, 3.8) is 0 Å². The van der Waals surface area contributed by atoms with Gasteiger partial charge in [-0.2, -0.15) is 0 Å². The van der Waals surface area contributed by atoms with Crippen molar-refractivity contribution in [1.29, 1.82) is 0 Å². The second-order valence-electron chi connectivity index (χ2n) is 6.32. The quantitative estimate of drug-likeness (QED) is 0.782. The summed E-state index contributed by atoms with van der Waals surface area (Å²) in [5.41, 5.74) is 5.10. The van der Waals surface area contributed by atoms with Crippen molar-refractivity contribution in [3.8, 4) is 0 Å². The number of hydrogen-bond donors (Lipinski definition) is 1. The van der Waals surface area contributed by atoms with Crippen LogP contribution < -0.4 is 10.2 Å². The Labute approximate surface area is 137 Å². The molecule has 0 amide bonds. The molecule has 116 valence electrons. The molecule has 2 aromatic carbocycles. The zero-order valence-electron chi connectivity index (χ0n) is 13.4. The van der Waals surface area contributed by atoms with E-state index in [4.69, 9.17) is 0 Å². The number of fused-ring (bicyclic) bond motifs is 2. The Morgan fingerprint density at radius 1 is 1.13 bits per heavy atom. The molecule has 0 radical (unpaired) electrons. The SMILES string of the molecule is CC1CN(Cc2ccc3ncccc3c2)c2ccccc2CN1. The standard InChI is InChI=1S/C20H21N3/c1-15-13-23(20-7-3-2-5-18(20)12-22-15)14-16-8-9-19-17(11-16)6-4-10-21-19/h2-11,15,22H,12-14H2,1H3. The van der Waals surface area contributed by atoms with Gasteiger partial charge in [-0.15, -0.1) is 0 Å². The average Bonchev–Trinajstić information content (AvgIpc) is 2.74. The number of anilines is 1. The van der Waals surface area contributed by atoms with Crippen LogP contribution in [0.15, 0.2) is 60.8 Å². The van der Waals surface area contributed by atoms with E-state index >= 15 is 0 Å². The summed E-state index contributed by atoms with van der Waals surface area (Å²) < 4.78 is 0. The maximum atomic E-state index is 4.41. The summed E-state index contributed by atoms with van der Waals surface area (Å²) in [5.74, 6) is 0. The summed E-state index contributed by atoms with van der Waals surface area (Å²) in [6.07, 6.45) is 1.85. The van der Waals surface area contributed by atoms with Crippen molar-refractivity contribution >= 4 is 16.6 Å². The molecule has 2 heterocycles. The van der Waals surface area contributed by atoms with E-state index in [0.29, 0.717) is 6.04 Å². The molecule has 23 heavy (non-hydrogen) atoms. The number of para-hydroxylation sites is 1. The fraction of sp³-hybridized carbons (Fsp3) is 0.250. The average molecular weight is 303 g/mol. The molecule has 0 saturated carbocycles. The third kappa shape index (κ3) is 2.92. The summed E-state index contributed by atoms with van der Waals surface area (Å²) in [6, 6.07) is 19.9. The van der Waals surface area contributed by atoms with Crippen molar-refractivity contribution < 1.29 is 0 Å². The van der Waals surface area contributed by atoms with Gasteiger partial charge in [-0.3, -0.25) is 4.98 Å². The van der Waals surface area contributed by atoms with Crippen molar-refractivity contribution in [2.24, 2.45) is 0 Å². The van der Waals surface area contributed by atoms with Crippen LogP contribution in [0.3, 0.4) is 0 Å². The lowest BCUT2D eigenvalue weighted by atomic mass is 10.1. The van der Waals surface area contributed by atoms with Crippen LogP contribution >= 0.6 is 0 Å². The molecule has 0 bridgehead atoms. The number of pyridine rings is 1. The van der Waals surface area contributed by atoms with Gasteiger partial charge in [0.1, 0.15) is 0 Å². The van der Waals surface area contributed by atoms with Gasteiger partial charge in [-0.1, -0.05) is 30.3 Å². The van der Waals surface area contributed by atoms with E-state index in [0.717, 1.165) is 25.2 Å². The van der Waals surface area contributed by atoms with Crippen molar-refractivity contribution in [3.05, 3.63) is 71.9 Å². The van der Waals surface area contributed by atoms with Crippen LogP contribution in [0.2, 0.25) is 0 Å². The van der Waals surface area contributed by atoms with Crippen LogP contribution in [0.5, 0.6) is 0 Å². The second kappa shape index (κ2) is 6.01. The molecule has 0 saturated heterocycles. The van der Waals surface area contributed by atoms with E-state index in [2.05, 4.69) is 70.7 Å². The Kier molecular flexibility index (Phi) is 3.72. The Bertz CT molecular complexity index is 828. The Morgan fingerprint density at radius 3 is 3.00 bits per heavy atom. The zero-order valence-corrected chi connectivity index (χ0v) is 13.4. The fourth-order valence-electron chi connectivity index (χ4n) is 3.34. The van der Waals surface area contributed by atoms with E-state index in [1.807, 2.05) is 12.3 Å². The lowest BCUT2D eigenvalue weighted by Crippen LogP contribution is -2.35. The van der Waals surface area contributed by atoms with Crippen molar-refractivity contribution in [1.82, 2.24) is 10.3 Å². The van der Waals surface area contributed by atoms with Gasteiger partial charge in [0, 0.05) is 42.9 Å². The summed E-state index contributed by atoms with van der Waals surface area (Å²) >= 11 is 0. The molecule has 0 aliphatic carbocycles. The maximum absolute atomic E-state index is 4.41. The lowest BCUT2D eigenvalue weighted by molar-refractivity contribution is 0.552. The molecule has 1 aliphatic heterocycles. The highest BCUT2D eigenvalue weighted by Gasteiger charge is 2.18. The number of nitrogens with zero attached hydrogens (tertiary/aromatic N) is 2. The zero-order chi connectivity index (χ0) is 15.6. The molecular weight excluding hydrogens is 282 g/mol. The molecule has 0 spiro atoms. The summed E-state index contributed by atoms with van der Waals surface area (Å²) in [5, 5.41) is 4.80. The predicted molar refractivity (Wildman–Crippen MR) is 95.5 cm³/mol. The molecule has 0 fully saturated rings. The van der Waals surface area contributed by atoms with Crippen molar-refractivity contribution in [2.45, 2.75) is 26.1 Å². The highest BCUT2D eigenvalue weighted by Crippen LogP contribution is 2.25. The van der Waals surface area contributed by atoms with Crippen LogP contribution in [0, 0.1) is 0 Å². The molecule has 1 aliphatic rings. The molecule has 3 aromatic rings. The summed E-state index contributed by atoms with van der Waals surface area (Å²) in [4.78, 5) is 6.89. The molecule has 1 aromatic heterocycles. The maximum Gasteiger partial charge on any atom is 0.0702 e. The molecule has 4 rings (SSSR count). The minimum atomic E-state index is 0.476. The number of aromatic nitrogens is 1. The first kappa shape index (κ1) is 14.2. The molecule has 1 atom stereocenters. The van der Waals surface area contributed by atoms with Gasteiger partial charge in [-0.25, -0.2) is 0 Å². The van der Waals surface area contributed by atoms with Crippen LogP contribution in [-0.4, -0.2) is 17.6 Å². The van der Waals surface area contributed by atoms with E-state index in [-0.39, 0.29) is 0 Å². The molecule has 3 heteroatoms. The largest absolute Gasteiger partial charge is 0.365 e. The third-order valence-corrected chi connectivity index (χ3v) is 4.51. The first-order chi connectivity index (χ1) is 11.3. The van der Waals surface area contributed by atoms with Crippen LogP contribution in [0.1, 0.15) is 18.1 Å². The number of hydrogen-bond acceptors (Lipinski definition) is 3. The second-order valence-corrected chi connectivity index (χ2v) is 6.32. The van der Waals surface area contributed by atoms with Gasteiger partial charge in [0.2, 0.25) is 0 Å². The molecule has 1 N–H and O–H groups in total. The third-order valence-electron chi connectivity index (χ3n) is 4.51. The lowest BCUT2D eigenvalue weighted by Gasteiger charge is -2.26. The molecular formula is C20H21N3. The van der Waals surface area contributed by atoms with Crippen LogP contribution in [-0.2, 0) is 13.1 Å². The normalized spacial score (nSPS) is 17.8. The van der Waals surface area contributed by atoms with Crippen LogP contribution in [0.4, 0.5) is 5.69 Å².